The number of ketones is 1. The van der Waals surface area contributed by atoms with E-state index in [1.807, 2.05) is 6.07 Å². The molecule has 0 spiro atoms. The Kier molecular flexibility index (Phi) is 7.28. The molecular weight excluding hydrogens is 421 g/mol. The summed E-state index contributed by atoms with van der Waals surface area (Å²) in [6.45, 7) is 0. The molecule has 3 rings (SSSR count). The van der Waals surface area contributed by atoms with Crippen molar-refractivity contribution in [1.82, 2.24) is 0 Å². The number of hydrogen-bond acceptors (Lipinski definition) is 3. The van der Waals surface area contributed by atoms with E-state index in [0.29, 0.717) is 39.7 Å². The minimum atomic E-state index is -0.250. The van der Waals surface area contributed by atoms with E-state index in [-0.39, 0.29) is 17.4 Å². The van der Waals surface area contributed by atoms with Gasteiger partial charge in [0.25, 0.3) is 5.91 Å². The topological polar surface area (TPSA) is 66.4 Å². The number of carbonyl (C=O) groups excluding carboxylic acids is 2. The van der Waals surface area contributed by atoms with Gasteiger partial charge in [-0.25, -0.2) is 0 Å². The molecule has 0 bridgehead atoms. The standard InChI is InChI=1S/C24H19Cl2NO3/c25-13-12-19-15-18(7-11-23(19)29)22(28)10-4-16-2-1-3-21(14-16)27-24(30)17-5-8-20(26)9-6-17/h1-11,14-15,29H,12-13H2,(H,27,30)/b10-4-. The first kappa shape index (κ1) is 21.6. The van der Waals surface area contributed by atoms with Crippen LogP contribution in [0.15, 0.2) is 72.8 Å². The number of phenolic OH excluding ortho intramolecular Hbond substituents is 1. The number of aromatic hydroxyl groups is 1. The van der Waals surface area contributed by atoms with Crippen LogP contribution in [0.4, 0.5) is 5.69 Å². The molecule has 0 saturated carbocycles. The zero-order valence-electron chi connectivity index (χ0n) is 15.9. The number of carbonyl (C=O) groups is 2. The highest BCUT2D eigenvalue weighted by atomic mass is 35.5. The van der Waals surface area contributed by atoms with Gasteiger partial charge in [0.05, 0.1) is 0 Å². The van der Waals surface area contributed by atoms with Crippen LogP contribution in [0, 0.1) is 0 Å². The van der Waals surface area contributed by atoms with E-state index in [1.54, 1.807) is 60.7 Å². The van der Waals surface area contributed by atoms with Crippen LogP contribution in [0.2, 0.25) is 5.02 Å². The lowest BCUT2D eigenvalue weighted by Gasteiger charge is -2.06. The Labute approximate surface area is 184 Å². The largest absolute Gasteiger partial charge is 0.508 e. The lowest BCUT2D eigenvalue weighted by Crippen LogP contribution is -2.11. The van der Waals surface area contributed by atoms with E-state index in [9.17, 15) is 14.7 Å². The van der Waals surface area contributed by atoms with Crippen LogP contribution in [0.3, 0.4) is 0 Å². The fourth-order valence-electron chi connectivity index (χ4n) is 2.83. The van der Waals surface area contributed by atoms with Crippen LogP contribution in [-0.2, 0) is 6.42 Å². The number of nitrogens with one attached hydrogen (secondary N) is 1. The molecule has 0 aliphatic carbocycles. The molecule has 0 aliphatic rings. The fourth-order valence-corrected chi connectivity index (χ4v) is 3.16. The molecule has 3 aromatic carbocycles. The van der Waals surface area contributed by atoms with Gasteiger partial charge in [-0.1, -0.05) is 29.8 Å². The molecule has 0 aromatic heterocycles. The molecule has 3 aromatic rings. The van der Waals surface area contributed by atoms with Crippen LogP contribution < -0.4 is 5.32 Å². The SMILES string of the molecule is O=C(/C=C\c1cccc(NC(=O)c2ccc(Cl)cc2)c1)c1ccc(O)c(CCCl)c1. The average molecular weight is 440 g/mol. The first-order valence-corrected chi connectivity index (χ1v) is 10.1. The molecule has 0 saturated heterocycles. The van der Waals surface area contributed by atoms with Gasteiger partial charge in [0.2, 0.25) is 0 Å². The summed E-state index contributed by atoms with van der Waals surface area (Å²) < 4.78 is 0. The van der Waals surface area contributed by atoms with Crippen LogP contribution >= 0.6 is 23.2 Å². The Morgan fingerprint density at radius 1 is 0.967 bits per heavy atom. The van der Waals surface area contributed by atoms with Crippen LogP contribution in [-0.4, -0.2) is 22.7 Å². The Morgan fingerprint density at radius 3 is 2.43 bits per heavy atom. The van der Waals surface area contributed by atoms with Crippen molar-refractivity contribution in [1.29, 1.82) is 0 Å². The van der Waals surface area contributed by atoms with Gasteiger partial charge in [0, 0.05) is 27.7 Å². The van der Waals surface area contributed by atoms with E-state index in [2.05, 4.69) is 5.32 Å². The summed E-state index contributed by atoms with van der Waals surface area (Å²) in [5.41, 5.74) is 2.97. The van der Waals surface area contributed by atoms with Crippen molar-refractivity contribution in [3.8, 4) is 5.75 Å². The molecule has 0 unspecified atom stereocenters. The van der Waals surface area contributed by atoms with Gasteiger partial charge in [-0.2, -0.15) is 0 Å². The van der Waals surface area contributed by atoms with Crippen molar-refractivity contribution in [2.24, 2.45) is 0 Å². The number of hydrogen-bond donors (Lipinski definition) is 2. The number of alkyl halides is 1. The maximum atomic E-state index is 12.5. The molecular formula is C24H19Cl2NO3. The van der Waals surface area contributed by atoms with Gasteiger partial charge in [0.15, 0.2) is 5.78 Å². The number of aryl methyl sites for hydroxylation is 1. The molecule has 0 atom stereocenters. The third-order valence-electron chi connectivity index (χ3n) is 4.41. The van der Waals surface area contributed by atoms with E-state index in [4.69, 9.17) is 23.2 Å². The van der Waals surface area contributed by atoms with E-state index >= 15 is 0 Å². The number of anilines is 1. The number of phenols is 1. The van der Waals surface area contributed by atoms with Gasteiger partial charge in [0.1, 0.15) is 5.75 Å². The average Bonchev–Trinajstić information content (AvgIpc) is 2.74. The molecule has 6 heteroatoms. The molecule has 0 radical (unpaired) electrons. The summed E-state index contributed by atoms with van der Waals surface area (Å²) in [6.07, 6.45) is 3.61. The van der Waals surface area contributed by atoms with E-state index in [1.165, 1.54) is 12.1 Å². The lowest BCUT2D eigenvalue weighted by atomic mass is 10.0. The van der Waals surface area contributed by atoms with Crippen LogP contribution in [0.1, 0.15) is 31.8 Å². The van der Waals surface area contributed by atoms with Crippen molar-refractivity contribution < 1.29 is 14.7 Å². The monoisotopic (exact) mass is 439 g/mol. The normalized spacial score (nSPS) is 10.9. The first-order chi connectivity index (χ1) is 14.5. The number of allylic oxidation sites excluding steroid dienone is 1. The van der Waals surface area contributed by atoms with Crippen LogP contribution in [0.25, 0.3) is 6.08 Å². The van der Waals surface area contributed by atoms with Crippen molar-refractivity contribution >= 4 is 46.7 Å². The minimum absolute atomic E-state index is 0.125. The van der Waals surface area contributed by atoms with E-state index < -0.39 is 0 Å². The zero-order chi connectivity index (χ0) is 21.5. The third-order valence-corrected chi connectivity index (χ3v) is 4.85. The van der Waals surface area contributed by atoms with E-state index in [0.717, 1.165) is 5.56 Å². The second-order valence-electron chi connectivity index (χ2n) is 6.57. The summed E-state index contributed by atoms with van der Waals surface area (Å²) in [4.78, 5) is 24.8. The quantitative estimate of drug-likeness (QED) is 0.270. The molecule has 30 heavy (non-hydrogen) atoms. The van der Waals surface area contributed by atoms with Gasteiger partial charge >= 0.3 is 0 Å². The molecule has 0 fully saturated rings. The number of benzene rings is 3. The number of rotatable bonds is 7. The highest BCUT2D eigenvalue weighted by molar-refractivity contribution is 6.30. The fraction of sp³-hybridized carbons (Fsp3) is 0.0833. The predicted octanol–water partition coefficient (Wildman–Crippen LogP) is 5.98. The molecule has 0 heterocycles. The minimum Gasteiger partial charge on any atom is -0.508 e. The maximum absolute atomic E-state index is 12.5. The zero-order valence-corrected chi connectivity index (χ0v) is 17.5. The van der Waals surface area contributed by atoms with Gasteiger partial charge in [-0.15, -0.1) is 11.6 Å². The number of halogens is 2. The summed E-state index contributed by atoms with van der Waals surface area (Å²) in [7, 11) is 0. The summed E-state index contributed by atoms with van der Waals surface area (Å²) in [6, 6.07) is 18.5. The Bertz CT molecular complexity index is 1090. The first-order valence-electron chi connectivity index (χ1n) is 9.23. The molecule has 2 N–H and O–H groups in total. The van der Waals surface area contributed by atoms with Gasteiger partial charge in [-0.05, 0) is 78.2 Å². The molecule has 0 aliphatic heterocycles. The Balaban J connectivity index is 1.70. The Hall–Kier alpha value is -3.08. The number of amides is 1. The molecule has 4 nitrogen and oxygen atoms in total. The smallest absolute Gasteiger partial charge is 0.255 e. The highest BCUT2D eigenvalue weighted by Gasteiger charge is 2.08. The lowest BCUT2D eigenvalue weighted by molar-refractivity contribution is 0.102. The summed E-state index contributed by atoms with van der Waals surface area (Å²) in [5, 5.41) is 13.2. The molecule has 1 amide bonds. The Morgan fingerprint density at radius 2 is 1.70 bits per heavy atom. The summed E-state index contributed by atoms with van der Waals surface area (Å²) in [5.74, 6) is 0.0387. The predicted molar refractivity (Wildman–Crippen MR) is 122 cm³/mol. The van der Waals surface area contributed by atoms with Crippen molar-refractivity contribution in [3.05, 3.63) is 100 Å². The van der Waals surface area contributed by atoms with Crippen LogP contribution in [0.5, 0.6) is 5.75 Å². The van der Waals surface area contributed by atoms with Crippen molar-refractivity contribution in [2.45, 2.75) is 6.42 Å². The van der Waals surface area contributed by atoms with Gasteiger partial charge < -0.3 is 10.4 Å². The molecule has 152 valence electrons. The summed E-state index contributed by atoms with van der Waals surface area (Å²) >= 11 is 11.6. The van der Waals surface area contributed by atoms with Crippen molar-refractivity contribution in [2.75, 3.05) is 11.2 Å². The maximum Gasteiger partial charge on any atom is 0.255 e. The van der Waals surface area contributed by atoms with Gasteiger partial charge in [-0.3, -0.25) is 9.59 Å². The second kappa shape index (κ2) is 10.1. The third kappa shape index (κ3) is 5.72. The highest BCUT2D eigenvalue weighted by Crippen LogP contribution is 2.21. The van der Waals surface area contributed by atoms with Crippen molar-refractivity contribution in [3.63, 3.8) is 0 Å². The second-order valence-corrected chi connectivity index (χ2v) is 7.38.